The molecule has 2 heterocycles. The van der Waals surface area contributed by atoms with E-state index in [4.69, 9.17) is 4.74 Å². The van der Waals surface area contributed by atoms with Crippen LogP contribution in [0.1, 0.15) is 22.1 Å². The minimum Gasteiger partial charge on any atom is -0.492 e. The number of hydrogen-bond acceptors (Lipinski definition) is 4. The van der Waals surface area contributed by atoms with E-state index >= 15 is 0 Å². The zero-order valence-electron chi connectivity index (χ0n) is 11.2. The lowest BCUT2D eigenvalue weighted by atomic mass is 9.76. The summed E-state index contributed by atoms with van der Waals surface area (Å²) in [6.07, 6.45) is -0.307. The molecule has 102 valence electrons. The molecular formula is C16H15NO2S. The molecule has 0 spiro atoms. The second-order valence-electron chi connectivity index (χ2n) is 5.21. The molecule has 1 aromatic carbocycles. The summed E-state index contributed by atoms with van der Waals surface area (Å²) in [6, 6.07) is 12.0. The van der Waals surface area contributed by atoms with E-state index in [0.717, 1.165) is 21.8 Å². The number of aliphatic hydroxyl groups excluding tert-OH is 1. The third-order valence-electron chi connectivity index (χ3n) is 3.86. The smallest absolute Gasteiger partial charge is 0.126 e. The highest BCUT2D eigenvalue weighted by atomic mass is 32.1. The number of aryl methyl sites for hydroxylation is 1. The lowest BCUT2D eigenvalue weighted by Crippen LogP contribution is -2.39. The van der Waals surface area contributed by atoms with Gasteiger partial charge in [0.05, 0.1) is 6.07 Å². The number of thiophene rings is 1. The SMILES string of the molecule is Cc1ccsc1C(O)C1(C#N)COc2ccccc2C1. The molecule has 3 nitrogen and oxygen atoms in total. The molecule has 1 aliphatic heterocycles. The Kier molecular flexibility index (Phi) is 3.25. The molecule has 0 saturated carbocycles. The fourth-order valence-corrected chi connectivity index (χ4v) is 3.64. The Hall–Kier alpha value is -1.83. The van der Waals surface area contributed by atoms with Crippen molar-refractivity contribution in [3.63, 3.8) is 0 Å². The summed E-state index contributed by atoms with van der Waals surface area (Å²) in [5.41, 5.74) is 1.09. The van der Waals surface area contributed by atoms with Crippen LogP contribution in [0.25, 0.3) is 0 Å². The topological polar surface area (TPSA) is 53.2 Å². The van der Waals surface area contributed by atoms with Crippen LogP contribution in [0.4, 0.5) is 0 Å². The van der Waals surface area contributed by atoms with Crippen molar-refractivity contribution in [2.45, 2.75) is 19.4 Å². The van der Waals surface area contributed by atoms with E-state index in [2.05, 4.69) is 6.07 Å². The number of para-hydroxylation sites is 1. The van der Waals surface area contributed by atoms with Crippen LogP contribution in [0.5, 0.6) is 5.75 Å². The highest BCUT2D eigenvalue weighted by Gasteiger charge is 2.44. The molecule has 2 atom stereocenters. The van der Waals surface area contributed by atoms with Gasteiger partial charge in [0, 0.05) is 11.3 Å². The van der Waals surface area contributed by atoms with Crippen molar-refractivity contribution in [2.75, 3.05) is 6.61 Å². The van der Waals surface area contributed by atoms with Crippen molar-refractivity contribution in [1.29, 1.82) is 5.26 Å². The fraction of sp³-hybridized carbons (Fsp3) is 0.312. The van der Waals surface area contributed by atoms with Gasteiger partial charge in [0.15, 0.2) is 0 Å². The number of aliphatic hydroxyl groups is 1. The standard InChI is InChI=1S/C16H15NO2S/c1-11-6-7-20-14(11)15(18)16(9-17)8-12-4-2-3-5-13(12)19-10-16/h2-7,15,18H,8,10H2,1H3. The van der Waals surface area contributed by atoms with E-state index in [1.165, 1.54) is 11.3 Å². The van der Waals surface area contributed by atoms with Gasteiger partial charge in [-0.2, -0.15) is 5.26 Å². The molecule has 0 bridgehead atoms. The molecule has 0 amide bonds. The number of rotatable bonds is 2. The molecular weight excluding hydrogens is 270 g/mol. The molecule has 0 radical (unpaired) electrons. The number of nitriles is 1. The van der Waals surface area contributed by atoms with Gasteiger partial charge in [-0.05, 0) is 35.6 Å². The minimum atomic E-state index is -0.913. The van der Waals surface area contributed by atoms with E-state index in [0.29, 0.717) is 6.42 Å². The third-order valence-corrected chi connectivity index (χ3v) is 4.93. The van der Waals surface area contributed by atoms with E-state index in [9.17, 15) is 10.4 Å². The predicted molar refractivity (Wildman–Crippen MR) is 77.7 cm³/mol. The van der Waals surface area contributed by atoms with Crippen LogP contribution < -0.4 is 4.74 Å². The van der Waals surface area contributed by atoms with Crippen LogP contribution >= 0.6 is 11.3 Å². The van der Waals surface area contributed by atoms with Crippen LogP contribution in [0.2, 0.25) is 0 Å². The summed E-state index contributed by atoms with van der Waals surface area (Å²) < 4.78 is 5.71. The predicted octanol–water partition coefficient (Wildman–Crippen LogP) is 3.24. The normalized spacial score (nSPS) is 22.4. The van der Waals surface area contributed by atoms with Crippen molar-refractivity contribution in [3.05, 3.63) is 51.7 Å². The maximum atomic E-state index is 10.7. The summed E-state index contributed by atoms with van der Waals surface area (Å²) in [6.45, 7) is 2.18. The minimum absolute atomic E-state index is 0.221. The van der Waals surface area contributed by atoms with Crippen molar-refractivity contribution in [3.8, 4) is 11.8 Å². The Bertz CT molecular complexity index is 673. The summed E-state index contributed by atoms with van der Waals surface area (Å²) in [7, 11) is 0. The summed E-state index contributed by atoms with van der Waals surface area (Å²) in [4.78, 5) is 0.856. The number of benzene rings is 1. The van der Waals surface area contributed by atoms with E-state index in [1.54, 1.807) is 0 Å². The Morgan fingerprint density at radius 1 is 1.40 bits per heavy atom. The van der Waals surface area contributed by atoms with Crippen LogP contribution in [-0.4, -0.2) is 11.7 Å². The van der Waals surface area contributed by atoms with E-state index in [1.807, 2.05) is 42.6 Å². The first-order chi connectivity index (χ1) is 9.66. The second kappa shape index (κ2) is 4.93. The van der Waals surface area contributed by atoms with Crippen LogP contribution in [0, 0.1) is 23.7 Å². The van der Waals surface area contributed by atoms with Crippen molar-refractivity contribution in [1.82, 2.24) is 0 Å². The first-order valence-electron chi connectivity index (χ1n) is 6.50. The van der Waals surface area contributed by atoms with Gasteiger partial charge in [0.1, 0.15) is 23.9 Å². The molecule has 0 aliphatic carbocycles. The number of hydrogen-bond donors (Lipinski definition) is 1. The van der Waals surface area contributed by atoms with E-state index in [-0.39, 0.29) is 6.61 Å². The molecule has 4 heteroatoms. The average Bonchev–Trinajstić information content (AvgIpc) is 2.92. The summed E-state index contributed by atoms with van der Waals surface area (Å²) >= 11 is 1.49. The Balaban J connectivity index is 1.99. The lowest BCUT2D eigenvalue weighted by molar-refractivity contribution is 0.0191. The van der Waals surface area contributed by atoms with Gasteiger partial charge >= 0.3 is 0 Å². The highest BCUT2D eigenvalue weighted by Crippen LogP contribution is 2.44. The molecule has 1 N–H and O–H groups in total. The molecule has 3 rings (SSSR count). The molecule has 20 heavy (non-hydrogen) atoms. The molecule has 1 aromatic heterocycles. The summed E-state index contributed by atoms with van der Waals surface area (Å²) in [5, 5.41) is 22.3. The molecule has 1 aliphatic rings. The third kappa shape index (κ3) is 2.00. The van der Waals surface area contributed by atoms with E-state index < -0.39 is 11.5 Å². The van der Waals surface area contributed by atoms with Gasteiger partial charge in [0.25, 0.3) is 0 Å². The van der Waals surface area contributed by atoms with Gasteiger partial charge in [-0.1, -0.05) is 18.2 Å². The van der Waals surface area contributed by atoms with Crippen molar-refractivity contribution >= 4 is 11.3 Å². The molecule has 0 fully saturated rings. The van der Waals surface area contributed by atoms with Gasteiger partial charge in [0.2, 0.25) is 0 Å². The number of ether oxygens (including phenoxy) is 1. The zero-order valence-corrected chi connectivity index (χ0v) is 12.0. The zero-order chi connectivity index (χ0) is 14.2. The van der Waals surface area contributed by atoms with Crippen molar-refractivity contribution < 1.29 is 9.84 Å². The number of nitrogens with zero attached hydrogens (tertiary/aromatic N) is 1. The van der Waals surface area contributed by atoms with Crippen molar-refractivity contribution in [2.24, 2.45) is 5.41 Å². The number of fused-ring (bicyclic) bond motifs is 1. The maximum Gasteiger partial charge on any atom is 0.126 e. The van der Waals surface area contributed by atoms with Gasteiger partial charge < -0.3 is 9.84 Å². The van der Waals surface area contributed by atoms with Crippen LogP contribution in [0.3, 0.4) is 0 Å². The average molecular weight is 285 g/mol. The van der Waals surface area contributed by atoms with Gasteiger partial charge in [-0.3, -0.25) is 0 Å². The second-order valence-corrected chi connectivity index (χ2v) is 6.16. The van der Waals surface area contributed by atoms with Gasteiger partial charge in [-0.25, -0.2) is 0 Å². The highest BCUT2D eigenvalue weighted by molar-refractivity contribution is 7.10. The quantitative estimate of drug-likeness (QED) is 0.921. The van der Waals surface area contributed by atoms with Gasteiger partial charge in [-0.15, -0.1) is 11.3 Å². The summed E-state index contributed by atoms with van der Waals surface area (Å²) in [5.74, 6) is 0.813. The van der Waals surface area contributed by atoms with Crippen LogP contribution in [0.15, 0.2) is 35.7 Å². The lowest BCUT2D eigenvalue weighted by Gasteiger charge is -2.35. The monoisotopic (exact) mass is 285 g/mol. The Morgan fingerprint density at radius 2 is 2.20 bits per heavy atom. The molecule has 2 unspecified atom stereocenters. The largest absolute Gasteiger partial charge is 0.492 e. The fourth-order valence-electron chi connectivity index (χ4n) is 2.61. The first kappa shape index (κ1) is 13.2. The molecule has 2 aromatic rings. The molecule has 0 saturated heterocycles. The maximum absolute atomic E-state index is 10.7. The Labute approximate surface area is 122 Å². The Morgan fingerprint density at radius 3 is 2.90 bits per heavy atom. The van der Waals surface area contributed by atoms with Crippen LogP contribution in [-0.2, 0) is 6.42 Å². The first-order valence-corrected chi connectivity index (χ1v) is 7.38.